The standard InChI is InChI=1S/C19H24N6S3/c1-4-8-26-18-22-20-15-14-12-7-6-11(3)10-13(12)28-16(14)25-17(24(15)18)21-23-19(25)27-9-5-2/h11H,4-10H2,1-3H3. The highest BCUT2D eigenvalue weighted by molar-refractivity contribution is 7.99. The smallest absolute Gasteiger partial charge is 0.245 e. The highest BCUT2D eigenvalue weighted by Gasteiger charge is 2.27. The third kappa shape index (κ3) is 2.85. The molecule has 6 nitrogen and oxygen atoms in total. The number of rotatable bonds is 6. The second-order valence-electron chi connectivity index (χ2n) is 7.49. The lowest BCUT2D eigenvalue weighted by Crippen LogP contribution is -2.08. The summed E-state index contributed by atoms with van der Waals surface area (Å²) in [6, 6.07) is 0. The summed E-state index contributed by atoms with van der Waals surface area (Å²) in [5.74, 6) is 3.66. The molecule has 5 rings (SSSR count). The van der Waals surface area contributed by atoms with Crippen molar-refractivity contribution in [3.05, 3.63) is 10.4 Å². The predicted octanol–water partition coefficient (Wildman–Crippen LogP) is 5.12. The molecule has 0 spiro atoms. The van der Waals surface area contributed by atoms with E-state index >= 15 is 0 Å². The van der Waals surface area contributed by atoms with Crippen LogP contribution in [0.2, 0.25) is 0 Å². The largest absolute Gasteiger partial charge is 0.245 e. The van der Waals surface area contributed by atoms with E-state index in [0.29, 0.717) is 0 Å². The number of hydrogen-bond donors (Lipinski definition) is 0. The zero-order valence-corrected chi connectivity index (χ0v) is 18.9. The lowest BCUT2D eigenvalue weighted by molar-refractivity contribution is 0.509. The van der Waals surface area contributed by atoms with Gasteiger partial charge in [-0.2, -0.15) is 0 Å². The maximum Gasteiger partial charge on any atom is 0.245 e. The van der Waals surface area contributed by atoms with Crippen molar-refractivity contribution in [1.29, 1.82) is 0 Å². The molecule has 0 fully saturated rings. The highest BCUT2D eigenvalue weighted by Crippen LogP contribution is 2.41. The van der Waals surface area contributed by atoms with Gasteiger partial charge in [-0.05, 0) is 43.6 Å². The van der Waals surface area contributed by atoms with Crippen LogP contribution in [0.15, 0.2) is 10.3 Å². The fourth-order valence-electron chi connectivity index (χ4n) is 3.90. The van der Waals surface area contributed by atoms with Crippen LogP contribution in [0.1, 0.15) is 50.5 Å². The van der Waals surface area contributed by atoms with Crippen molar-refractivity contribution in [1.82, 2.24) is 29.2 Å². The van der Waals surface area contributed by atoms with Crippen LogP contribution in [0.5, 0.6) is 0 Å². The van der Waals surface area contributed by atoms with Gasteiger partial charge >= 0.3 is 0 Å². The molecule has 0 saturated carbocycles. The normalized spacial score (nSPS) is 17.2. The average molecular weight is 433 g/mol. The number of thioether (sulfide) groups is 2. The van der Waals surface area contributed by atoms with Crippen LogP contribution in [-0.2, 0) is 12.8 Å². The number of thiophene rings is 1. The first-order valence-corrected chi connectivity index (χ1v) is 12.8. The van der Waals surface area contributed by atoms with E-state index in [9.17, 15) is 0 Å². The van der Waals surface area contributed by atoms with Crippen LogP contribution in [0.25, 0.3) is 21.6 Å². The van der Waals surface area contributed by atoms with Crippen LogP contribution >= 0.6 is 34.9 Å². The first-order valence-electron chi connectivity index (χ1n) is 10.0. The van der Waals surface area contributed by atoms with Gasteiger partial charge in [0, 0.05) is 16.4 Å². The van der Waals surface area contributed by atoms with E-state index in [2.05, 4.69) is 50.0 Å². The fraction of sp³-hybridized carbons (Fsp3) is 0.579. The third-order valence-electron chi connectivity index (χ3n) is 5.24. The van der Waals surface area contributed by atoms with Gasteiger partial charge < -0.3 is 0 Å². The topological polar surface area (TPSA) is 60.4 Å². The van der Waals surface area contributed by atoms with Crippen molar-refractivity contribution in [2.24, 2.45) is 5.92 Å². The minimum atomic E-state index is 0.746. The van der Waals surface area contributed by atoms with Crippen LogP contribution in [-0.4, -0.2) is 40.7 Å². The maximum atomic E-state index is 4.63. The second-order valence-corrected chi connectivity index (χ2v) is 10.7. The van der Waals surface area contributed by atoms with Gasteiger partial charge in [0.15, 0.2) is 16.0 Å². The Bertz CT molecular complexity index is 1160. The molecule has 28 heavy (non-hydrogen) atoms. The summed E-state index contributed by atoms with van der Waals surface area (Å²) in [5, 5.41) is 21.5. The monoisotopic (exact) mass is 432 g/mol. The molecular formula is C19H24N6S3. The van der Waals surface area contributed by atoms with Crippen molar-refractivity contribution in [3.63, 3.8) is 0 Å². The molecule has 0 radical (unpaired) electrons. The van der Waals surface area contributed by atoms with E-state index in [-0.39, 0.29) is 0 Å². The van der Waals surface area contributed by atoms with Crippen LogP contribution < -0.4 is 0 Å². The van der Waals surface area contributed by atoms with E-state index in [0.717, 1.165) is 64.8 Å². The molecular weight excluding hydrogens is 408 g/mol. The van der Waals surface area contributed by atoms with Gasteiger partial charge in [0.25, 0.3) is 0 Å². The molecule has 0 aromatic carbocycles. The quantitative estimate of drug-likeness (QED) is 0.394. The molecule has 1 atom stereocenters. The summed E-state index contributed by atoms with van der Waals surface area (Å²) in [6.07, 6.45) is 5.75. The summed E-state index contributed by atoms with van der Waals surface area (Å²) in [4.78, 5) is 2.75. The van der Waals surface area contributed by atoms with Crippen molar-refractivity contribution in [3.8, 4) is 0 Å². The molecule has 0 N–H and O–H groups in total. The van der Waals surface area contributed by atoms with Crippen molar-refractivity contribution in [2.75, 3.05) is 11.5 Å². The molecule has 1 unspecified atom stereocenters. The van der Waals surface area contributed by atoms with Crippen LogP contribution in [0, 0.1) is 5.92 Å². The van der Waals surface area contributed by atoms with Gasteiger partial charge in [0.2, 0.25) is 5.78 Å². The number of aromatic nitrogens is 6. The lowest BCUT2D eigenvalue weighted by atomic mass is 9.89. The van der Waals surface area contributed by atoms with Crippen LogP contribution in [0.3, 0.4) is 0 Å². The summed E-state index contributed by atoms with van der Waals surface area (Å²) in [7, 11) is 0. The van der Waals surface area contributed by atoms with Crippen molar-refractivity contribution >= 4 is 56.5 Å². The molecule has 0 aliphatic heterocycles. The molecule has 9 heteroatoms. The Morgan fingerprint density at radius 3 is 2.46 bits per heavy atom. The Morgan fingerprint density at radius 1 is 1.00 bits per heavy atom. The third-order valence-corrected chi connectivity index (χ3v) is 8.75. The first kappa shape index (κ1) is 18.7. The molecule has 4 heterocycles. The zero-order valence-electron chi connectivity index (χ0n) is 16.4. The van der Waals surface area contributed by atoms with Gasteiger partial charge in [-0.1, -0.05) is 44.3 Å². The van der Waals surface area contributed by atoms with E-state index in [1.54, 1.807) is 23.5 Å². The predicted molar refractivity (Wildman–Crippen MR) is 118 cm³/mol. The van der Waals surface area contributed by atoms with Crippen molar-refractivity contribution < 1.29 is 0 Å². The number of aryl methyl sites for hydroxylation is 1. The molecule has 4 aromatic rings. The van der Waals surface area contributed by atoms with E-state index in [4.69, 9.17) is 0 Å². The summed E-state index contributed by atoms with van der Waals surface area (Å²) in [6.45, 7) is 6.75. The number of fused-ring (bicyclic) bond motifs is 8. The molecule has 1 aliphatic rings. The van der Waals surface area contributed by atoms with E-state index < -0.39 is 0 Å². The average Bonchev–Trinajstić information content (AvgIpc) is 3.38. The lowest BCUT2D eigenvalue weighted by Gasteiger charge is -2.17. The zero-order chi connectivity index (χ0) is 19.3. The van der Waals surface area contributed by atoms with Gasteiger partial charge in [0.05, 0.1) is 5.39 Å². The molecule has 148 valence electrons. The number of nitrogens with zero attached hydrogens (tertiary/aromatic N) is 6. The van der Waals surface area contributed by atoms with Crippen molar-refractivity contribution in [2.45, 2.75) is 63.2 Å². The maximum absolute atomic E-state index is 4.63. The van der Waals surface area contributed by atoms with Gasteiger partial charge in [-0.15, -0.1) is 31.7 Å². The van der Waals surface area contributed by atoms with E-state index in [1.165, 1.54) is 27.1 Å². The Hall–Kier alpha value is -1.32. The summed E-state index contributed by atoms with van der Waals surface area (Å²) < 4.78 is 4.40. The minimum absolute atomic E-state index is 0.746. The first-order chi connectivity index (χ1) is 13.7. The van der Waals surface area contributed by atoms with Gasteiger partial charge in [-0.25, -0.2) is 8.80 Å². The fourth-order valence-corrected chi connectivity index (χ4v) is 7.03. The Morgan fingerprint density at radius 2 is 1.71 bits per heavy atom. The summed E-state index contributed by atoms with van der Waals surface area (Å²) in [5.41, 5.74) is 2.43. The highest BCUT2D eigenvalue weighted by atomic mass is 32.2. The Kier molecular flexibility index (Phi) is 5.00. The molecule has 0 saturated heterocycles. The Balaban J connectivity index is 1.85. The molecule has 1 aliphatic carbocycles. The molecule has 0 amide bonds. The molecule has 0 bridgehead atoms. The minimum Gasteiger partial charge on any atom is -0.245 e. The Labute approximate surface area is 176 Å². The SMILES string of the molecule is CCCSc1nnc2c3c4c(sc3n3c(SCCC)nnc3n12)CC(C)CC4. The van der Waals surface area contributed by atoms with Gasteiger partial charge in [0.1, 0.15) is 4.83 Å². The van der Waals surface area contributed by atoms with Gasteiger partial charge in [-0.3, -0.25) is 0 Å². The molecule has 4 aromatic heterocycles. The summed E-state index contributed by atoms with van der Waals surface area (Å²) >= 11 is 5.45. The van der Waals surface area contributed by atoms with E-state index in [1.807, 2.05) is 11.3 Å². The second kappa shape index (κ2) is 7.50. The van der Waals surface area contributed by atoms with Crippen LogP contribution in [0.4, 0.5) is 0 Å². The number of hydrogen-bond acceptors (Lipinski definition) is 7.